The van der Waals surface area contributed by atoms with Crippen LogP contribution in [0.15, 0.2) is 30.6 Å². The SMILES string of the molecule is CN(CCC(=O)O)C(=O)c1ccccc1-n1cnnn1. The highest BCUT2D eigenvalue weighted by Crippen LogP contribution is 2.14. The van der Waals surface area contributed by atoms with Crippen LogP contribution < -0.4 is 0 Å². The van der Waals surface area contributed by atoms with E-state index in [0.717, 1.165) is 0 Å². The summed E-state index contributed by atoms with van der Waals surface area (Å²) in [5, 5.41) is 19.5. The van der Waals surface area contributed by atoms with E-state index >= 15 is 0 Å². The summed E-state index contributed by atoms with van der Waals surface area (Å²) in [7, 11) is 1.56. The van der Waals surface area contributed by atoms with Gasteiger partial charge in [-0.3, -0.25) is 9.59 Å². The number of carbonyl (C=O) groups excluding carboxylic acids is 1. The van der Waals surface area contributed by atoms with Crippen LogP contribution in [0.2, 0.25) is 0 Å². The second-order valence-corrected chi connectivity index (χ2v) is 4.14. The first-order chi connectivity index (χ1) is 9.59. The number of carbonyl (C=O) groups is 2. The van der Waals surface area contributed by atoms with Crippen molar-refractivity contribution in [3.8, 4) is 5.69 Å². The van der Waals surface area contributed by atoms with Crippen LogP contribution in [-0.2, 0) is 4.79 Å². The maximum absolute atomic E-state index is 12.3. The van der Waals surface area contributed by atoms with Crippen LogP contribution >= 0.6 is 0 Å². The largest absolute Gasteiger partial charge is 0.481 e. The number of hydrogen-bond acceptors (Lipinski definition) is 5. The second-order valence-electron chi connectivity index (χ2n) is 4.14. The Kier molecular flexibility index (Phi) is 4.04. The summed E-state index contributed by atoms with van der Waals surface area (Å²) in [6.07, 6.45) is 1.29. The Morgan fingerprint density at radius 1 is 1.35 bits per heavy atom. The van der Waals surface area contributed by atoms with Gasteiger partial charge in [-0.15, -0.1) is 5.10 Å². The molecule has 0 saturated heterocycles. The molecule has 0 radical (unpaired) electrons. The minimum Gasteiger partial charge on any atom is -0.481 e. The third-order valence-corrected chi connectivity index (χ3v) is 2.74. The summed E-state index contributed by atoms with van der Waals surface area (Å²) in [6, 6.07) is 6.86. The Hall–Kier alpha value is -2.77. The number of carboxylic acid groups (broad SMARTS) is 1. The fraction of sp³-hybridized carbons (Fsp3) is 0.250. The number of aliphatic carboxylic acids is 1. The molecule has 1 aromatic heterocycles. The van der Waals surface area contributed by atoms with Gasteiger partial charge in [0.25, 0.3) is 5.91 Å². The van der Waals surface area contributed by atoms with Gasteiger partial charge in [0.2, 0.25) is 0 Å². The van der Waals surface area contributed by atoms with E-state index in [1.165, 1.54) is 15.9 Å². The summed E-state index contributed by atoms with van der Waals surface area (Å²) in [4.78, 5) is 24.2. The van der Waals surface area contributed by atoms with E-state index in [0.29, 0.717) is 11.3 Å². The first kappa shape index (κ1) is 13.7. The molecule has 0 atom stereocenters. The highest BCUT2D eigenvalue weighted by molar-refractivity contribution is 5.97. The number of benzene rings is 1. The maximum Gasteiger partial charge on any atom is 0.305 e. The third kappa shape index (κ3) is 2.97. The molecule has 0 bridgehead atoms. The van der Waals surface area contributed by atoms with Crippen molar-refractivity contribution in [2.75, 3.05) is 13.6 Å². The van der Waals surface area contributed by atoms with Crippen molar-refractivity contribution in [1.29, 1.82) is 0 Å². The van der Waals surface area contributed by atoms with Gasteiger partial charge in [-0.25, -0.2) is 0 Å². The van der Waals surface area contributed by atoms with E-state index in [9.17, 15) is 9.59 Å². The van der Waals surface area contributed by atoms with E-state index in [2.05, 4.69) is 15.5 Å². The molecule has 0 aliphatic rings. The van der Waals surface area contributed by atoms with Crippen LogP contribution in [0.4, 0.5) is 0 Å². The zero-order valence-electron chi connectivity index (χ0n) is 10.8. The number of rotatable bonds is 5. The molecule has 8 nitrogen and oxygen atoms in total. The summed E-state index contributed by atoms with van der Waals surface area (Å²) in [5.41, 5.74) is 0.956. The lowest BCUT2D eigenvalue weighted by molar-refractivity contribution is -0.137. The molecule has 1 amide bonds. The Labute approximate surface area is 114 Å². The highest BCUT2D eigenvalue weighted by Gasteiger charge is 2.17. The number of nitrogens with zero attached hydrogens (tertiary/aromatic N) is 5. The average molecular weight is 275 g/mol. The molecule has 1 heterocycles. The maximum atomic E-state index is 12.3. The number of amides is 1. The highest BCUT2D eigenvalue weighted by atomic mass is 16.4. The number of para-hydroxylation sites is 1. The Balaban J connectivity index is 2.24. The van der Waals surface area contributed by atoms with Gasteiger partial charge in [-0.2, -0.15) is 4.68 Å². The van der Waals surface area contributed by atoms with Crippen LogP contribution in [0.25, 0.3) is 5.69 Å². The van der Waals surface area contributed by atoms with E-state index in [4.69, 9.17) is 5.11 Å². The van der Waals surface area contributed by atoms with Gasteiger partial charge in [0.05, 0.1) is 17.7 Å². The molecule has 0 unspecified atom stereocenters. The first-order valence-electron chi connectivity index (χ1n) is 5.89. The van der Waals surface area contributed by atoms with Crippen molar-refractivity contribution in [3.63, 3.8) is 0 Å². The topological polar surface area (TPSA) is 101 Å². The molecule has 1 N–H and O–H groups in total. The summed E-state index contributed by atoms with van der Waals surface area (Å²) in [6.45, 7) is 0.137. The zero-order chi connectivity index (χ0) is 14.5. The lowest BCUT2D eigenvalue weighted by Crippen LogP contribution is -2.30. The monoisotopic (exact) mass is 275 g/mol. The van der Waals surface area contributed by atoms with Gasteiger partial charge in [-0.1, -0.05) is 12.1 Å². The van der Waals surface area contributed by atoms with Gasteiger partial charge in [0.15, 0.2) is 0 Å². The molecule has 2 rings (SSSR count). The molecule has 0 aliphatic heterocycles. The molecular weight excluding hydrogens is 262 g/mol. The van der Waals surface area contributed by atoms with Gasteiger partial charge in [-0.05, 0) is 22.6 Å². The molecular formula is C12H13N5O3. The summed E-state index contributed by atoms with van der Waals surface area (Å²) < 4.78 is 1.39. The van der Waals surface area contributed by atoms with E-state index in [-0.39, 0.29) is 18.9 Å². The van der Waals surface area contributed by atoms with Crippen molar-refractivity contribution < 1.29 is 14.7 Å². The van der Waals surface area contributed by atoms with Gasteiger partial charge >= 0.3 is 5.97 Å². The fourth-order valence-corrected chi connectivity index (χ4v) is 1.70. The first-order valence-corrected chi connectivity index (χ1v) is 5.89. The van der Waals surface area contributed by atoms with Gasteiger partial charge in [0, 0.05) is 13.6 Å². The Bertz CT molecular complexity index is 611. The number of carboxylic acids is 1. The van der Waals surface area contributed by atoms with Crippen LogP contribution in [-0.4, -0.2) is 55.7 Å². The van der Waals surface area contributed by atoms with E-state index in [1.807, 2.05) is 0 Å². The van der Waals surface area contributed by atoms with Gasteiger partial charge in [0.1, 0.15) is 6.33 Å². The summed E-state index contributed by atoms with van der Waals surface area (Å²) >= 11 is 0. The van der Waals surface area contributed by atoms with Crippen LogP contribution in [0.1, 0.15) is 16.8 Å². The Morgan fingerprint density at radius 3 is 2.75 bits per heavy atom. The van der Waals surface area contributed by atoms with E-state index < -0.39 is 5.97 Å². The van der Waals surface area contributed by atoms with Crippen molar-refractivity contribution in [2.24, 2.45) is 0 Å². The minimum absolute atomic E-state index is 0.102. The van der Waals surface area contributed by atoms with Crippen LogP contribution in [0.5, 0.6) is 0 Å². The molecule has 0 spiro atoms. The smallest absolute Gasteiger partial charge is 0.305 e. The molecule has 0 saturated carbocycles. The molecule has 2 aromatic rings. The molecule has 20 heavy (non-hydrogen) atoms. The number of hydrogen-bond donors (Lipinski definition) is 1. The summed E-state index contributed by atoms with van der Waals surface area (Å²) in [5.74, 6) is -1.23. The number of aromatic nitrogens is 4. The minimum atomic E-state index is -0.946. The van der Waals surface area contributed by atoms with Crippen LogP contribution in [0, 0.1) is 0 Å². The molecule has 0 aliphatic carbocycles. The van der Waals surface area contributed by atoms with Crippen LogP contribution in [0.3, 0.4) is 0 Å². The normalized spacial score (nSPS) is 10.2. The zero-order valence-corrected chi connectivity index (χ0v) is 10.8. The van der Waals surface area contributed by atoms with Crippen molar-refractivity contribution in [2.45, 2.75) is 6.42 Å². The molecule has 1 aromatic carbocycles. The van der Waals surface area contributed by atoms with E-state index in [1.54, 1.807) is 31.3 Å². The predicted octanol–water partition coefficient (Wildman–Crippen LogP) is 0.209. The molecule has 104 valence electrons. The predicted molar refractivity (Wildman–Crippen MR) is 68.4 cm³/mol. The van der Waals surface area contributed by atoms with Gasteiger partial charge < -0.3 is 10.0 Å². The quantitative estimate of drug-likeness (QED) is 0.837. The fourth-order valence-electron chi connectivity index (χ4n) is 1.70. The van der Waals surface area contributed by atoms with Crippen molar-refractivity contribution in [3.05, 3.63) is 36.2 Å². The number of tetrazole rings is 1. The van der Waals surface area contributed by atoms with Crippen molar-refractivity contribution >= 4 is 11.9 Å². The Morgan fingerprint density at radius 2 is 2.10 bits per heavy atom. The van der Waals surface area contributed by atoms with Crippen molar-refractivity contribution in [1.82, 2.24) is 25.1 Å². The third-order valence-electron chi connectivity index (χ3n) is 2.74. The molecule has 8 heteroatoms. The standard InChI is InChI=1S/C12H13N5O3/c1-16(7-6-11(18)19)12(20)9-4-2-3-5-10(9)17-8-13-14-15-17/h2-5,8H,6-7H2,1H3,(H,18,19). The average Bonchev–Trinajstić information content (AvgIpc) is 2.98. The lowest BCUT2D eigenvalue weighted by atomic mass is 10.1. The second kappa shape index (κ2) is 5.91. The lowest BCUT2D eigenvalue weighted by Gasteiger charge is -2.17. The molecule has 0 fully saturated rings.